The molecule has 90 valence electrons. The van der Waals surface area contributed by atoms with Crippen molar-refractivity contribution in [2.45, 2.75) is 25.9 Å². The summed E-state index contributed by atoms with van der Waals surface area (Å²) >= 11 is 1.58. The third-order valence-electron chi connectivity index (χ3n) is 2.70. The maximum absolute atomic E-state index is 12.2. The van der Waals surface area contributed by atoms with E-state index < -0.39 is 0 Å². The largest absolute Gasteiger partial charge is 0.319 e. The number of hydrogen-bond donors (Lipinski definition) is 1. The fraction of sp³-hybridized carbons (Fsp3) is 0.308. The summed E-state index contributed by atoms with van der Waals surface area (Å²) in [6.07, 6.45) is 2.76. The summed E-state index contributed by atoms with van der Waals surface area (Å²) in [5.41, 5.74) is 6.82. The number of aromatic nitrogens is 1. The Morgan fingerprint density at radius 2 is 2.24 bits per heavy atom. The average Bonchev–Trinajstić information content (AvgIpc) is 2.85. The van der Waals surface area contributed by atoms with E-state index in [0.29, 0.717) is 5.56 Å². The van der Waals surface area contributed by atoms with Crippen molar-refractivity contribution < 1.29 is 0 Å². The first-order chi connectivity index (χ1) is 8.24. The Kier molecular flexibility index (Phi) is 3.76. The summed E-state index contributed by atoms with van der Waals surface area (Å²) in [6.45, 7) is 2.79. The number of thiophene rings is 1. The first-order valence-corrected chi connectivity index (χ1v) is 6.60. The highest BCUT2D eigenvalue weighted by atomic mass is 32.1. The van der Waals surface area contributed by atoms with Crippen LogP contribution in [-0.4, -0.2) is 4.57 Å². The molecule has 4 heteroatoms. The van der Waals surface area contributed by atoms with Gasteiger partial charge < -0.3 is 10.3 Å². The first kappa shape index (κ1) is 12.1. The first-order valence-electron chi connectivity index (χ1n) is 5.72. The SMILES string of the molecule is CCCn1cccc(C(N)c2cccs2)c1=O. The number of hydrogen-bond acceptors (Lipinski definition) is 3. The summed E-state index contributed by atoms with van der Waals surface area (Å²) < 4.78 is 1.72. The van der Waals surface area contributed by atoms with Crippen LogP contribution in [0.15, 0.2) is 40.6 Å². The van der Waals surface area contributed by atoms with Crippen LogP contribution >= 0.6 is 11.3 Å². The summed E-state index contributed by atoms with van der Waals surface area (Å²) in [4.78, 5) is 13.2. The van der Waals surface area contributed by atoms with Crippen LogP contribution in [0.1, 0.15) is 29.8 Å². The van der Waals surface area contributed by atoms with E-state index in [1.165, 1.54) is 0 Å². The summed E-state index contributed by atoms with van der Waals surface area (Å²) in [5, 5.41) is 1.97. The van der Waals surface area contributed by atoms with Gasteiger partial charge in [0.15, 0.2) is 0 Å². The van der Waals surface area contributed by atoms with Crippen molar-refractivity contribution in [1.82, 2.24) is 4.57 Å². The molecule has 17 heavy (non-hydrogen) atoms. The zero-order chi connectivity index (χ0) is 12.3. The van der Waals surface area contributed by atoms with Gasteiger partial charge >= 0.3 is 0 Å². The zero-order valence-corrected chi connectivity index (χ0v) is 10.6. The van der Waals surface area contributed by atoms with Gasteiger partial charge in [0.2, 0.25) is 0 Å². The van der Waals surface area contributed by atoms with E-state index in [9.17, 15) is 4.79 Å². The number of nitrogens with two attached hydrogens (primary N) is 1. The highest BCUT2D eigenvalue weighted by Crippen LogP contribution is 2.21. The fourth-order valence-corrected chi connectivity index (χ4v) is 2.58. The Morgan fingerprint density at radius 1 is 1.41 bits per heavy atom. The second kappa shape index (κ2) is 5.29. The monoisotopic (exact) mass is 248 g/mol. The molecule has 0 aromatic carbocycles. The third kappa shape index (κ3) is 2.48. The Morgan fingerprint density at radius 3 is 2.88 bits per heavy atom. The van der Waals surface area contributed by atoms with Crippen LogP contribution < -0.4 is 11.3 Å². The van der Waals surface area contributed by atoms with E-state index in [1.54, 1.807) is 15.9 Å². The molecule has 0 radical (unpaired) electrons. The molecule has 2 rings (SSSR count). The van der Waals surface area contributed by atoms with Gasteiger partial charge in [-0.3, -0.25) is 4.79 Å². The van der Waals surface area contributed by atoms with Gasteiger partial charge in [-0.25, -0.2) is 0 Å². The van der Waals surface area contributed by atoms with Gasteiger partial charge in [0.25, 0.3) is 5.56 Å². The molecule has 0 aliphatic rings. The molecule has 0 spiro atoms. The smallest absolute Gasteiger partial charge is 0.255 e. The number of pyridine rings is 1. The highest BCUT2D eigenvalue weighted by Gasteiger charge is 2.14. The van der Waals surface area contributed by atoms with Crippen LogP contribution in [0.5, 0.6) is 0 Å². The summed E-state index contributed by atoms with van der Waals surface area (Å²) in [6, 6.07) is 7.31. The lowest BCUT2D eigenvalue weighted by molar-refractivity contribution is 0.641. The Bertz CT molecular complexity index is 531. The second-order valence-electron chi connectivity index (χ2n) is 3.96. The van der Waals surface area contributed by atoms with E-state index >= 15 is 0 Å². The zero-order valence-electron chi connectivity index (χ0n) is 9.80. The van der Waals surface area contributed by atoms with Crippen LogP contribution in [0.3, 0.4) is 0 Å². The molecule has 2 aromatic rings. The van der Waals surface area contributed by atoms with Crippen LogP contribution in [0.25, 0.3) is 0 Å². The Hall–Kier alpha value is -1.39. The number of aryl methyl sites for hydroxylation is 1. The molecule has 1 unspecified atom stereocenters. The fourth-order valence-electron chi connectivity index (χ4n) is 1.83. The van der Waals surface area contributed by atoms with Gasteiger partial charge in [-0.1, -0.05) is 19.1 Å². The molecule has 0 amide bonds. The quantitative estimate of drug-likeness (QED) is 0.903. The van der Waals surface area contributed by atoms with Crippen molar-refractivity contribution in [1.29, 1.82) is 0 Å². The third-order valence-corrected chi connectivity index (χ3v) is 3.65. The second-order valence-corrected chi connectivity index (χ2v) is 4.93. The molecule has 2 heterocycles. The minimum absolute atomic E-state index is 0.0234. The maximum Gasteiger partial charge on any atom is 0.255 e. The van der Waals surface area contributed by atoms with E-state index in [1.807, 2.05) is 35.8 Å². The number of rotatable bonds is 4. The van der Waals surface area contributed by atoms with E-state index in [2.05, 4.69) is 6.92 Å². The lowest BCUT2D eigenvalue weighted by Crippen LogP contribution is -2.27. The standard InChI is InChI=1S/C13H16N2OS/c1-2-7-15-8-3-5-10(13(15)16)12(14)11-6-4-9-17-11/h3-6,8-9,12H,2,7,14H2,1H3. The van der Waals surface area contributed by atoms with Crippen molar-refractivity contribution in [2.75, 3.05) is 0 Å². The highest BCUT2D eigenvalue weighted by molar-refractivity contribution is 7.10. The molecule has 0 bridgehead atoms. The molecule has 3 nitrogen and oxygen atoms in total. The van der Waals surface area contributed by atoms with Crippen molar-refractivity contribution >= 4 is 11.3 Å². The normalized spacial score (nSPS) is 12.6. The molecule has 0 saturated heterocycles. The molecular formula is C13H16N2OS. The van der Waals surface area contributed by atoms with Gasteiger partial charge in [-0.05, 0) is 23.9 Å². The summed E-state index contributed by atoms with van der Waals surface area (Å²) in [7, 11) is 0. The Balaban J connectivity index is 2.39. The number of nitrogens with zero attached hydrogens (tertiary/aromatic N) is 1. The van der Waals surface area contributed by atoms with E-state index in [0.717, 1.165) is 17.8 Å². The van der Waals surface area contributed by atoms with Crippen molar-refractivity contribution in [3.63, 3.8) is 0 Å². The van der Waals surface area contributed by atoms with Crippen LogP contribution in [0.2, 0.25) is 0 Å². The van der Waals surface area contributed by atoms with Crippen molar-refractivity contribution in [3.05, 3.63) is 56.6 Å². The van der Waals surface area contributed by atoms with Crippen LogP contribution in [0, 0.1) is 0 Å². The molecule has 0 aliphatic carbocycles. The van der Waals surface area contributed by atoms with Crippen LogP contribution in [0.4, 0.5) is 0 Å². The molecule has 0 saturated carbocycles. The average molecular weight is 248 g/mol. The predicted octanol–water partition coefficient (Wildman–Crippen LogP) is 2.37. The molecule has 1 atom stereocenters. The maximum atomic E-state index is 12.2. The molecule has 2 aromatic heterocycles. The van der Waals surface area contributed by atoms with Gasteiger partial charge in [-0.2, -0.15) is 0 Å². The van der Waals surface area contributed by atoms with Gasteiger partial charge in [0.1, 0.15) is 0 Å². The summed E-state index contributed by atoms with van der Waals surface area (Å²) in [5.74, 6) is 0. The van der Waals surface area contributed by atoms with Crippen molar-refractivity contribution in [2.24, 2.45) is 5.73 Å². The van der Waals surface area contributed by atoms with Crippen LogP contribution in [-0.2, 0) is 6.54 Å². The molecule has 2 N–H and O–H groups in total. The van der Waals surface area contributed by atoms with Crippen molar-refractivity contribution in [3.8, 4) is 0 Å². The lowest BCUT2D eigenvalue weighted by Gasteiger charge is -2.11. The topological polar surface area (TPSA) is 48.0 Å². The molecule has 0 aliphatic heterocycles. The van der Waals surface area contributed by atoms with Gasteiger partial charge in [0, 0.05) is 23.2 Å². The predicted molar refractivity (Wildman–Crippen MR) is 71.3 cm³/mol. The Labute approximate surface area is 105 Å². The lowest BCUT2D eigenvalue weighted by atomic mass is 10.1. The minimum atomic E-state index is -0.313. The minimum Gasteiger partial charge on any atom is -0.319 e. The molecular weight excluding hydrogens is 232 g/mol. The van der Waals surface area contributed by atoms with Gasteiger partial charge in [0.05, 0.1) is 6.04 Å². The van der Waals surface area contributed by atoms with E-state index in [4.69, 9.17) is 5.73 Å². The molecule has 0 fully saturated rings. The van der Waals surface area contributed by atoms with E-state index in [-0.39, 0.29) is 11.6 Å². The van der Waals surface area contributed by atoms with Gasteiger partial charge in [-0.15, -0.1) is 11.3 Å².